The van der Waals surface area contributed by atoms with Gasteiger partial charge in [0.1, 0.15) is 12.1 Å². The third-order valence-electron chi connectivity index (χ3n) is 14.2. The van der Waals surface area contributed by atoms with Crippen LogP contribution >= 0.6 is 0 Å². The highest BCUT2D eigenvalue weighted by molar-refractivity contribution is 7.86. The van der Waals surface area contributed by atoms with Gasteiger partial charge in [0.15, 0.2) is 0 Å². The number of nitrogens with one attached hydrogen (secondary N) is 1. The fourth-order valence-corrected chi connectivity index (χ4v) is 13.2. The molecule has 6 aliphatic rings. The van der Waals surface area contributed by atoms with E-state index in [1.54, 1.807) is 0 Å². The molecule has 0 heterocycles. The maximum atomic E-state index is 11.9. The highest BCUT2D eigenvalue weighted by Gasteiger charge is 2.49. The van der Waals surface area contributed by atoms with E-state index in [9.17, 15) is 39.8 Å². The third kappa shape index (κ3) is 13.1. The second-order valence-electron chi connectivity index (χ2n) is 18.1. The van der Waals surface area contributed by atoms with E-state index in [0.29, 0.717) is 64.4 Å². The number of nitrogens with zero attached hydrogens (tertiary/aromatic N) is 6. The van der Waals surface area contributed by atoms with Gasteiger partial charge < -0.3 is 15.2 Å². The van der Waals surface area contributed by atoms with Gasteiger partial charge in [0.25, 0.3) is 20.2 Å². The van der Waals surface area contributed by atoms with Crippen LogP contribution in [0.3, 0.4) is 0 Å². The molecule has 18 nitrogen and oxygen atoms in total. The molecule has 6 saturated carbocycles. The number of azo groups is 3. The second-order valence-corrected chi connectivity index (χ2v) is 22.1. The molecule has 59 heavy (non-hydrogen) atoms. The number of hydrogen-bond acceptors (Lipinski definition) is 15. The highest BCUT2D eigenvalue weighted by Crippen LogP contribution is 2.44. The molecule has 338 valence electrons. The lowest BCUT2D eigenvalue weighted by Crippen LogP contribution is -2.55. The Morgan fingerprint density at radius 1 is 0.644 bits per heavy atom. The van der Waals surface area contributed by atoms with E-state index < -0.39 is 60.3 Å². The summed E-state index contributed by atoms with van der Waals surface area (Å²) in [7, 11) is -8.18. The number of aliphatic hydroxyl groups is 1. The molecule has 0 amide bonds. The van der Waals surface area contributed by atoms with Crippen LogP contribution in [-0.2, 0) is 40.5 Å². The predicted molar refractivity (Wildman–Crippen MR) is 220 cm³/mol. The van der Waals surface area contributed by atoms with Crippen molar-refractivity contribution in [2.45, 2.75) is 213 Å². The molecule has 0 aromatic heterocycles. The van der Waals surface area contributed by atoms with Gasteiger partial charge in [0.2, 0.25) is 0 Å². The molecule has 0 saturated heterocycles. The van der Waals surface area contributed by atoms with Crippen molar-refractivity contribution in [3.63, 3.8) is 0 Å². The summed E-state index contributed by atoms with van der Waals surface area (Å²) >= 11 is -2.53. The fraction of sp³-hybridized carbons (Fsp3) is 1.00. The molecular formula is C38H67N7O11S3. The molecule has 6 aliphatic carbocycles. The minimum atomic E-state index is -4.10. The van der Waals surface area contributed by atoms with Crippen LogP contribution in [0.2, 0.25) is 0 Å². The Kier molecular flexibility index (Phi) is 17.0. The highest BCUT2D eigenvalue weighted by atomic mass is 32.2. The quantitative estimate of drug-likeness (QED) is 0.0715. The molecule has 0 radical (unpaired) electrons. The minimum Gasteiger partial charge on any atom is -0.390 e. The second kappa shape index (κ2) is 21.3. The van der Waals surface area contributed by atoms with E-state index in [1.165, 1.54) is 0 Å². The standard InChI is InChI=1S/C38H67N7O11S3/c1-3-23-17-28(13-15-33(23)43-44-34-16-14-29(22-35(34)55-4-2)41-40-27-8-6-10-31(20-27)59(52,53)54)42-45-37-36(56-57(47)48)18-24-11-12-26(21-32(24)38(37)46)39-25-7-5-9-30(19-25)58(49,50)51/h23-39,46H,3-22H2,1-2H3,(H,47,48)(H,49,50,51)(H,52,53,54). The van der Waals surface area contributed by atoms with Crippen molar-refractivity contribution in [2.75, 3.05) is 6.61 Å². The average molecular weight is 894 g/mol. The normalized spacial score (nSPS) is 42.3. The lowest BCUT2D eigenvalue weighted by molar-refractivity contribution is -0.0610. The first-order chi connectivity index (χ1) is 28.1. The number of aliphatic hydroxyl groups excluding tert-OH is 1. The lowest BCUT2D eigenvalue weighted by atomic mass is 9.65. The number of fused-ring (bicyclic) bond motifs is 1. The Morgan fingerprint density at radius 2 is 1.25 bits per heavy atom. The van der Waals surface area contributed by atoms with E-state index in [-0.39, 0.29) is 66.2 Å². The van der Waals surface area contributed by atoms with E-state index in [1.807, 2.05) is 6.92 Å². The van der Waals surface area contributed by atoms with Gasteiger partial charge in [0, 0.05) is 18.7 Å². The molecule has 0 aliphatic heterocycles. The first kappa shape index (κ1) is 47.1. The van der Waals surface area contributed by atoms with Crippen LogP contribution in [0.5, 0.6) is 0 Å². The van der Waals surface area contributed by atoms with Gasteiger partial charge in [-0.15, -0.1) is 0 Å². The Labute approximate surface area is 352 Å². The minimum absolute atomic E-state index is 0.0192. The summed E-state index contributed by atoms with van der Waals surface area (Å²) in [4.78, 5) is 0. The van der Waals surface area contributed by atoms with E-state index in [4.69, 9.17) is 24.3 Å². The van der Waals surface area contributed by atoms with E-state index in [0.717, 1.165) is 64.2 Å². The Bertz CT molecular complexity index is 1710. The summed E-state index contributed by atoms with van der Waals surface area (Å²) in [5.41, 5.74) is 0. The van der Waals surface area contributed by atoms with Crippen LogP contribution in [0.25, 0.3) is 0 Å². The molecule has 17 unspecified atom stereocenters. The predicted octanol–water partition coefficient (Wildman–Crippen LogP) is 6.04. The van der Waals surface area contributed by atoms with Crippen molar-refractivity contribution in [1.29, 1.82) is 0 Å². The number of rotatable bonds is 15. The lowest BCUT2D eigenvalue weighted by Gasteiger charge is -2.47. The Hall–Kier alpha value is -1.43. The van der Waals surface area contributed by atoms with E-state index in [2.05, 4.69) is 27.6 Å². The summed E-state index contributed by atoms with van der Waals surface area (Å²) in [6.45, 7) is 4.61. The van der Waals surface area contributed by atoms with Crippen molar-refractivity contribution in [1.82, 2.24) is 5.32 Å². The largest absolute Gasteiger partial charge is 0.390 e. The molecule has 17 atom stereocenters. The van der Waals surface area contributed by atoms with Crippen molar-refractivity contribution in [3.05, 3.63) is 0 Å². The van der Waals surface area contributed by atoms with Crippen molar-refractivity contribution in [2.24, 2.45) is 48.4 Å². The summed E-state index contributed by atoms with van der Waals surface area (Å²) in [5, 5.41) is 42.1. The fourth-order valence-electron chi connectivity index (χ4n) is 11.0. The zero-order valence-electron chi connectivity index (χ0n) is 34.4. The Balaban J connectivity index is 1.03. The smallest absolute Gasteiger partial charge is 0.302 e. The molecule has 6 fully saturated rings. The van der Waals surface area contributed by atoms with Gasteiger partial charge in [-0.25, -0.2) is 0 Å². The van der Waals surface area contributed by atoms with Crippen molar-refractivity contribution in [3.8, 4) is 0 Å². The summed E-state index contributed by atoms with van der Waals surface area (Å²) in [6.07, 6.45) is 10.7. The average Bonchev–Trinajstić information content (AvgIpc) is 3.19. The molecule has 6 rings (SSSR count). The SMILES string of the molecule is CCOC1CC(N=NC2CCCC(S(=O)(=O)O)C2)CCC1N=NC1CCC(N=NC2C(OS(=O)O)CC3CCC(NC4CCCC(S(=O)(=O)O)C4)CC3C2O)CC1CC. The van der Waals surface area contributed by atoms with Gasteiger partial charge in [-0.3, -0.25) is 17.8 Å². The summed E-state index contributed by atoms with van der Waals surface area (Å²) in [6, 6.07) is -1.23. The van der Waals surface area contributed by atoms with Crippen LogP contribution < -0.4 is 5.32 Å². The van der Waals surface area contributed by atoms with Crippen LogP contribution in [0, 0.1) is 17.8 Å². The zero-order valence-corrected chi connectivity index (χ0v) is 36.9. The summed E-state index contributed by atoms with van der Waals surface area (Å²) < 4.78 is 99.2. The molecule has 0 aromatic rings. The topological polar surface area (TPSA) is 271 Å². The molecule has 0 spiro atoms. The molecular weight excluding hydrogens is 827 g/mol. The van der Waals surface area contributed by atoms with Crippen molar-refractivity contribution >= 4 is 31.6 Å². The number of ether oxygens (including phenoxy) is 1. The van der Waals surface area contributed by atoms with Gasteiger partial charge >= 0.3 is 11.4 Å². The monoisotopic (exact) mass is 893 g/mol. The van der Waals surface area contributed by atoms with E-state index >= 15 is 0 Å². The maximum absolute atomic E-state index is 11.9. The van der Waals surface area contributed by atoms with Gasteiger partial charge in [0.05, 0.1) is 52.9 Å². The van der Waals surface area contributed by atoms with Crippen LogP contribution in [0.15, 0.2) is 30.7 Å². The first-order valence-electron chi connectivity index (χ1n) is 22.1. The molecule has 21 heteroatoms. The van der Waals surface area contributed by atoms with Gasteiger partial charge in [-0.05, 0) is 134 Å². The van der Waals surface area contributed by atoms with Crippen LogP contribution in [0.1, 0.15) is 136 Å². The molecule has 0 aromatic carbocycles. The third-order valence-corrected chi connectivity index (χ3v) is 17.1. The maximum Gasteiger partial charge on any atom is 0.302 e. The van der Waals surface area contributed by atoms with Crippen LogP contribution in [-0.4, -0.2) is 124 Å². The van der Waals surface area contributed by atoms with Gasteiger partial charge in [-0.2, -0.15) is 51.7 Å². The van der Waals surface area contributed by atoms with Crippen LogP contribution in [0.4, 0.5) is 0 Å². The Morgan fingerprint density at radius 3 is 1.93 bits per heavy atom. The van der Waals surface area contributed by atoms with Gasteiger partial charge in [-0.1, -0.05) is 19.8 Å². The summed E-state index contributed by atoms with van der Waals surface area (Å²) in [5.74, 6) is 0.170. The zero-order chi connectivity index (χ0) is 42.3. The number of hydrogen-bond donors (Lipinski definition) is 5. The first-order valence-corrected chi connectivity index (χ1v) is 26.1. The molecule has 5 N–H and O–H groups in total. The molecule has 0 bridgehead atoms. The van der Waals surface area contributed by atoms with Crippen molar-refractivity contribution < 1.29 is 48.7 Å².